The summed E-state index contributed by atoms with van der Waals surface area (Å²) in [7, 11) is 1.52. The number of nitrogens with one attached hydrogen (secondary N) is 1. The van der Waals surface area contributed by atoms with Gasteiger partial charge in [0.25, 0.3) is 5.91 Å². The number of rotatable bonds is 4. The van der Waals surface area contributed by atoms with E-state index in [1.807, 2.05) is 6.07 Å². The number of carbonyl (C=O) groups excluding carboxylic acids is 1. The van der Waals surface area contributed by atoms with Gasteiger partial charge in [-0.1, -0.05) is 0 Å². The van der Waals surface area contributed by atoms with Crippen molar-refractivity contribution in [2.75, 3.05) is 12.4 Å². The minimum Gasteiger partial charge on any atom is -0.496 e. The number of carbonyl (C=O) groups is 1. The Bertz CT molecular complexity index is 748. The molecule has 22 heavy (non-hydrogen) atoms. The van der Waals surface area contributed by atoms with Crippen molar-refractivity contribution in [3.8, 4) is 11.8 Å². The van der Waals surface area contributed by atoms with E-state index < -0.39 is 0 Å². The fourth-order valence-corrected chi connectivity index (χ4v) is 2.17. The first-order valence-electron chi connectivity index (χ1n) is 6.69. The molecule has 0 bridgehead atoms. The Labute approximate surface area is 128 Å². The summed E-state index contributed by atoms with van der Waals surface area (Å²) in [4.78, 5) is 12.3. The highest BCUT2D eigenvalue weighted by atomic mass is 16.5. The monoisotopic (exact) mass is 296 g/mol. The van der Waals surface area contributed by atoms with Crippen LogP contribution < -0.4 is 10.1 Å². The van der Waals surface area contributed by atoms with Crippen molar-refractivity contribution in [1.82, 2.24) is 0 Å². The Kier molecular flexibility index (Phi) is 4.77. The van der Waals surface area contributed by atoms with Crippen LogP contribution >= 0.6 is 0 Å². The van der Waals surface area contributed by atoms with E-state index in [-0.39, 0.29) is 12.5 Å². The van der Waals surface area contributed by atoms with Gasteiger partial charge in [0, 0.05) is 16.8 Å². The molecule has 0 aliphatic rings. The van der Waals surface area contributed by atoms with E-state index in [2.05, 4.69) is 5.32 Å². The number of anilines is 1. The predicted octanol–water partition coefficient (Wildman–Crippen LogP) is 2.62. The molecule has 0 atom stereocenters. The zero-order valence-electron chi connectivity index (χ0n) is 12.4. The SMILES string of the molecule is COc1ccc(NC(=O)c2ccc(C#N)cc2C)cc1CO. The molecule has 0 saturated carbocycles. The molecule has 0 radical (unpaired) electrons. The molecule has 2 aromatic carbocycles. The Morgan fingerprint density at radius 2 is 2.09 bits per heavy atom. The minimum atomic E-state index is -0.268. The highest BCUT2D eigenvalue weighted by molar-refractivity contribution is 6.05. The van der Waals surface area contributed by atoms with E-state index >= 15 is 0 Å². The van der Waals surface area contributed by atoms with Gasteiger partial charge in [-0.3, -0.25) is 4.79 Å². The Morgan fingerprint density at radius 1 is 1.32 bits per heavy atom. The lowest BCUT2D eigenvalue weighted by Gasteiger charge is -2.11. The van der Waals surface area contributed by atoms with Crippen molar-refractivity contribution < 1.29 is 14.6 Å². The van der Waals surface area contributed by atoms with Crippen LogP contribution in [0.1, 0.15) is 27.0 Å². The molecular formula is C17H16N2O3. The number of aliphatic hydroxyl groups is 1. The molecule has 5 heteroatoms. The lowest BCUT2D eigenvalue weighted by atomic mass is 10.0. The molecule has 0 saturated heterocycles. The van der Waals surface area contributed by atoms with Crippen LogP contribution in [0.15, 0.2) is 36.4 Å². The highest BCUT2D eigenvalue weighted by Gasteiger charge is 2.11. The van der Waals surface area contributed by atoms with Crippen LogP contribution in [-0.2, 0) is 6.61 Å². The lowest BCUT2D eigenvalue weighted by molar-refractivity contribution is 0.102. The molecule has 0 heterocycles. The van der Waals surface area contributed by atoms with Gasteiger partial charge in [0.1, 0.15) is 5.75 Å². The summed E-state index contributed by atoms with van der Waals surface area (Å²) in [6, 6.07) is 12.0. The maximum atomic E-state index is 12.3. The number of aliphatic hydroxyl groups excluding tert-OH is 1. The maximum Gasteiger partial charge on any atom is 0.255 e. The third-order valence-corrected chi connectivity index (χ3v) is 3.31. The summed E-state index contributed by atoms with van der Waals surface area (Å²) in [5, 5.41) is 20.9. The number of nitrogens with zero attached hydrogens (tertiary/aromatic N) is 1. The van der Waals surface area contributed by atoms with Crippen molar-refractivity contribution in [1.29, 1.82) is 5.26 Å². The van der Waals surface area contributed by atoms with Crippen molar-refractivity contribution in [2.24, 2.45) is 0 Å². The summed E-state index contributed by atoms with van der Waals surface area (Å²) in [6.45, 7) is 1.60. The van der Waals surface area contributed by atoms with Crippen molar-refractivity contribution in [3.63, 3.8) is 0 Å². The van der Waals surface area contributed by atoms with E-state index in [4.69, 9.17) is 10.00 Å². The number of hydrogen-bond acceptors (Lipinski definition) is 4. The smallest absolute Gasteiger partial charge is 0.255 e. The van der Waals surface area contributed by atoms with Gasteiger partial charge in [0.15, 0.2) is 0 Å². The fourth-order valence-electron chi connectivity index (χ4n) is 2.17. The fraction of sp³-hybridized carbons (Fsp3) is 0.176. The number of benzene rings is 2. The molecule has 0 aliphatic heterocycles. The normalized spacial score (nSPS) is 9.91. The quantitative estimate of drug-likeness (QED) is 0.908. The number of hydrogen-bond donors (Lipinski definition) is 2. The van der Waals surface area contributed by atoms with Gasteiger partial charge < -0.3 is 15.2 Å². The van der Waals surface area contributed by atoms with E-state index in [0.717, 1.165) is 5.56 Å². The predicted molar refractivity (Wildman–Crippen MR) is 82.8 cm³/mol. The summed E-state index contributed by atoms with van der Waals surface area (Å²) in [6.07, 6.45) is 0. The summed E-state index contributed by atoms with van der Waals surface area (Å²) < 4.78 is 5.12. The standard InChI is InChI=1S/C17H16N2O3/c1-11-7-12(9-18)3-5-15(11)17(21)19-14-4-6-16(22-2)13(8-14)10-20/h3-8,20H,10H2,1-2H3,(H,19,21). The number of aryl methyl sites for hydroxylation is 1. The number of methoxy groups -OCH3 is 1. The van der Waals surface area contributed by atoms with Crippen LogP contribution in [0.3, 0.4) is 0 Å². The second-order valence-electron chi connectivity index (χ2n) is 4.78. The number of nitriles is 1. The molecule has 2 N–H and O–H groups in total. The number of amides is 1. The summed E-state index contributed by atoms with van der Waals surface area (Å²) in [5.74, 6) is 0.297. The van der Waals surface area contributed by atoms with E-state index in [9.17, 15) is 9.90 Å². The van der Waals surface area contributed by atoms with Gasteiger partial charge in [-0.15, -0.1) is 0 Å². The van der Waals surface area contributed by atoms with Crippen molar-refractivity contribution in [2.45, 2.75) is 13.5 Å². The highest BCUT2D eigenvalue weighted by Crippen LogP contribution is 2.23. The van der Waals surface area contributed by atoms with Gasteiger partial charge in [-0.05, 0) is 48.9 Å². The molecule has 0 aromatic heterocycles. The molecule has 1 amide bonds. The topological polar surface area (TPSA) is 82.3 Å². The largest absolute Gasteiger partial charge is 0.496 e. The summed E-state index contributed by atoms with van der Waals surface area (Å²) in [5.41, 5.74) is 2.91. The maximum absolute atomic E-state index is 12.3. The van der Waals surface area contributed by atoms with Crippen LogP contribution in [0, 0.1) is 18.3 Å². The molecule has 0 spiro atoms. The average molecular weight is 296 g/mol. The Morgan fingerprint density at radius 3 is 2.68 bits per heavy atom. The molecule has 5 nitrogen and oxygen atoms in total. The van der Waals surface area contributed by atoms with Crippen LogP contribution in [0.5, 0.6) is 5.75 Å². The van der Waals surface area contributed by atoms with E-state index in [0.29, 0.717) is 28.1 Å². The molecule has 2 rings (SSSR count). The van der Waals surface area contributed by atoms with Gasteiger partial charge >= 0.3 is 0 Å². The zero-order chi connectivity index (χ0) is 16.1. The number of ether oxygens (including phenoxy) is 1. The second-order valence-corrected chi connectivity index (χ2v) is 4.78. The van der Waals surface area contributed by atoms with Crippen LogP contribution in [0.4, 0.5) is 5.69 Å². The molecule has 0 fully saturated rings. The Hall–Kier alpha value is -2.84. The molecule has 0 aliphatic carbocycles. The van der Waals surface area contributed by atoms with Crippen LogP contribution in [-0.4, -0.2) is 18.1 Å². The molecule has 2 aromatic rings. The average Bonchev–Trinajstić information content (AvgIpc) is 2.54. The Balaban J connectivity index is 2.24. The lowest BCUT2D eigenvalue weighted by Crippen LogP contribution is -2.13. The van der Waals surface area contributed by atoms with Crippen molar-refractivity contribution in [3.05, 3.63) is 58.7 Å². The third-order valence-electron chi connectivity index (χ3n) is 3.31. The van der Waals surface area contributed by atoms with E-state index in [1.54, 1.807) is 43.3 Å². The summed E-state index contributed by atoms with van der Waals surface area (Å²) >= 11 is 0. The van der Waals surface area contributed by atoms with Crippen molar-refractivity contribution >= 4 is 11.6 Å². The minimum absolute atomic E-state index is 0.178. The zero-order valence-corrected chi connectivity index (χ0v) is 12.4. The first kappa shape index (κ1) is 15.5. The van der Waals surface area contributed by atoms with Crippen LogP contribution in [0.2, 0.25) is 0 Å². The van der Waals surface area contributed by atoms with Gasteiger partial charge in [-0.25, -0.2) is 0 Å². The molecular weight excluding hydrogens is 280 g/mol. The van der Waals surface area contributed by atoms with Gasteiger partial charge in [0.05, 0.1) is 25.3 Å². The van der Waals surface area contributed by atoms with Crippen LogP contribution in [0.25, 0.3) is 0 Å². The first-order chi connectivity index (χ1) is 10.6. The van der Waals surface area contributed by atoms with E-state index in [1.165, 1.54) is 7.11 Å². The third kappa shape index (κ3) is 3.25. The molecule has 0 unspecified atom stereocenters. The molecule has 112 valence electrons. The van der Waals surface area contributed by atoms with Gasteiger partial charge in [0.2, 0.25) is 0 Å². The van der Waals surface area contributed by atoms with Gasteiger partial charge in [-0.2, -0.15) is 5.26 Å². The second kappa shape index (κ2) is 6.74. The first-order valence-corrected chi connectivity index (χ1v) is 6.69.